The predicted molar refractivity (Wildman–Crippen MR) is 203 cm³/mol. The molecule has 0 aromatic carbocycles. The van der Waals surface area contributed by atoms with Crippen LogP contribution < -0.4 is 10.6 Å². The molecule has 0 atom stereocenters. The number of nitrogens with one attached hydrogen (secondary N) is 2. The van der Waals surface area contributed by atoms with Gasteiger partial charge in [0.1, 0.15) is 0 Å². The van der Waals surface area contributed by atoms with Crippen LogP contribution in [0.15, 0.2) is 92.3 Å². The fraction of sp³-hybridized carbons (Fsp3) is 0.615. The van der Waals surface area contributed by atoms with E-state index in [-0.39, 0.29) is 0 Å². The van der Waals surface area contributed by atoms with Crippen LogP contribution in [0.1, 0.15) is 128 Å². The number of nitrogens with zero attached hydrogens (tertiary/aromatic N) is 1. The largest absolute Gasteiger partial charge is 0.384 e. The first kappa shape index (κ1) is 52.3. The molecule has 0 spiro atoms. The summed E-state index contributed by atoms with van der Waals surface area (Å²) < 4.78 is 0. The van der Waals surface area contributed by atoms with Crippen LogP contribution in [0.25, 0.3) is 0 Å². The molecule has 2 N–H and O–H groups in total. The van der Waals surface area contributed by atoms with Gasteiger partial charge in [-0.15, -0.1) is 32.9 Å². The van der Waals surface area contributed by atoms with E-state index in [2.05, 4.69) is 81.6 Å². The Hall–Kier alpha value is -2.39. The molecule has 2 bridgehead atoms. The fourth-order valence-electron chi connectivity index (χ4n) is 4.02. The van der Waals surface area contributed by atoms with Crippen LogP contribution in [-0.2, 0) is 0 Å². The maximum atomic E-state index is 4.16. The monoisotopic (exact) mass is 588 g/mol. The molecule has 3 fully saturated rings. The first-order valence-electron chi connectivity index (χ1n) is 16.4. The molecule has 0 heterocycles. The topological polar surface area (TPSA) is 36.4 Å². The van der Waals surface area contributed by atoms with E-state index in [1.54, 1.807) is 12.3 Å². The number of allylic oxidation sites excluding steroid dienone is 4. The van der Waals surface area contributed by atoms with Gasteiger partial charge in [-0.05, 0) is 108 Å². The zero-order valence-electron chi connectivity index (χ0n) is 30.9. The molecule has 0 amide bonds. The standard InChI is InChI=1S/C20H30N2.C4H11N.C4H8.C3H6.3C2H6.C2H4/c1-6-19-8-11-20(12-9-19,13-10-19)15-22-18(5)17(4)16(3)14-21-7-2;1-3-4-5-2;1-3-4-2;1-3-2;4*1-2/h6-7,14,22H,1,4-5,8-13,15H2,2-3H3;5H,3-4H2,1-2H3;3H,1,4H2,2H3;3H,1H2,2H3;3*1-2H3;1-2H2/b16-14-,21-7?;;;;;;;. The van der Waals surface area contributed by atoms with E-state index in [1.165, 1.54) is 44.9 Å². The first-order chi connectivity index (χ1) is 20.2. The van der Waals surface area contributed by atoms with E-state index >= 15 is 0 Å². The minimum Gasteiger partial charge on any atom is -0.384 e. The van der Waals surface area contributed by atoms with Crippen LogP contribution in [-0.4, -0.2) is 26.4 Å². The van der Waals surface area contributed by atoms with Gasteiger partial charge in [-0.2, -0.15) is 0 Å². The van der Waals surface area contributed by atoms with Gasteiger partial charge in [-0.25, -0.2) is 0 Å². The SMILES string of the molecule is C=C.C=CC.C=CC12CCC(CNC(=C)C(=C)/C(C)=C\N=CC)(CC1)CC2.C=CCC.CC.CC.CC.CCCNC. The van der Waals surface area contributed by atoms with E-state index in [0.717, 1.165) is 36.4 Å². The third kappa shape index (κ3) is 27.8. The van der Waals surface area contributed by atoms with Gasteiger partial charge >= 0.3 is 0 Å². The number of aliphatic imine (C=N–C) groups is 1. The van der Waals surface area contributed by atoms with Crippen LogP contribution in [0.4, 0.5) is 0 Å². The van der Waals surface area contributed by atoms with Crippen molar-refractivity contribution >= 4 is 6.21 Å². The Morgan fingerprint density at radius 3 is 1.50 bits per heavy atom. The average Bonchev–Trinajstić information content (AvgIpc) is 3.08. The van der Waals surface area contributed by atoms with Crippen molar-refractivity contribution in [1.82, 2.24) is 10.6 Å². The molecule has 248 valence electrons. The molecule has 0 aromatic heterocycles. The Balaban J connectivity index is -0.000000134. The second-order valence-corrected chi connectivity index (χ2v) is 9.31. The lowest BCUT2D eigenvalue weighted by molar-refractivity contribution is 0.0240. The Bertz CT molecular complexity index is 655. The van der Waals surface area contributed by atoms with E-state index in [4.69, 9.17) is 0 Å². The Morgan fingerprint density at radius 2 is 1.24 bits per heavy atom. The van der Waals surface area contributed by atoms with Crippen LogP contribution in [0.3, 0.4) is 0 Å². The molecule has 3 aliphatic carbocycles. The second kappa shape index (κ2) is 40.7. The van der Waals surface area contributed by atoms with E-state index in [9.17, 15) is 0 Å². The van der Waals surface area contributed by atoms with Gasteiger partial charge in [0.05, 0.1) is 0 Å². The summed E-state index contributed by atoms with van der Waals surface area (Å²) in [5.41, 5.74) is 3.84. The van der Waals surface area contributed by atoms with E-state index in [1.807, 2.05) is 81.6 Å². The molecule has 42 heavy (non-hydrogen) atoms. The Labute approximate surface area is 267 Å². The van der Waals surface area contributed by atoms with Crippen molar-refractivity contribution in [3.05, 3.63) is 87.3 Å². The van der Waals surface area contributed by atoms with Crippen molar-refractivity contribution in [3.63, 3.8) is 0 Å². The highest BCUT2D eigenvalue weighted by Gasteiger charge is 2.46. The molecule has 0 unspecified atom stereocenters. The molecular weight excluding hydrogens is 510 g/mol. The van der Waals surface area contributed by atoms with E-state index in [0.29, 0.717) is 10.8 Å². The number of hydrogen-bond acceptors (Lipinski definition) is 3. The van der Waals surface area contributed by atoms with Crippen LogP contribution in [0, 0.1) is 10.8 Å². The lowest BCUT2D eigenvalue weighted by Crippen LogP contribution is -2.45. The maximum Gasteiger partial charge on any atom is 0.0338 e. The molecule has 3 heteroatoms. The first-order valence-corrected chi connectivity index (χ1v) is 16.4. The highest BCUT2D eigenvalue weighted by atomic mass is 14.9. The predicted octanol–water partition coefficient (Wildman–Crippen LogP) is 12.4. The Kier molecular flexibility index (Phi) is 50.7. The fourth-order valence-corrected chi connectivity index (χ4v) is 4.02. The number of hydrogen-bond donors (Lipinski definition) is 2. The van der Waals surface area contributed by atoms with Crippen molar-refractivity contribution in [2.45, 2.75) is 128 Å². The summed E-state index contributed by atoms with van der Waals surface area (Å²) in [4.78, 5) is 4.15. The van der Waals surface area contributed by atoms with Crippen molar-refractivity contribution in [2.24, 2.45) is 15.8 Å². The molecular formula is C39H77N3. The summed E-state index contributed by atoms with van der Waals surface area (Å²) in [7, 11) is 1.96. The zero-order valence-corrected chi connectivity index (χ0v) is 30.9. The minimum absolute atomic E-state index is 0.444. The van der Waals surface area contributed by atoms with Crippen LogP contribution >= 0.6 is 0 Å². The van der Waals surface area contributed by atoms with Crippen molar-refractivity contribution in [1.29, 1.82) is 0 Å². The molecule has 3 saturated carbocycles. The van der Waals surface area contributed by atoms with Crippen LogP contribution in [0.2, 0.25) is 0 Å². The van der Waals surface area contributed by atoms with Gasteiger partial charge in [0, 0.05) is 24.7 Å². The minimum atomic E-state index is 0.444. The third-order valence-electron chi connectivity index (χ3n) is 6.62. The summed E-state index contributed by atoms with van der Waals surface area (Å²) in [5.74, 6) is 0. The van der Waals surface area contributed by atoms with Crippen LogP contribution in [0.5, 0.6) is 0 Å². The average molecular weight is 588 g/mol. The second-order valence-electron chi connectivity index (χ2n) is 9.31. The molecule has 3 nitrogen and oxygen atoms in total. The molecule has 3 rings (SSSR count). The van der Waals surface area contributed by atoms with Gasteiger partial charge in [0.2, 0.25) is 0 Å². The molecule has 0 saturated heterocycles. The summed E-state index contributed by atoms with van der Waals surface area (Å²) >= 11 is 0. The van der Waals surface area contributed by atoms with E-state index < -0.39 is 0 Å². The Morgan fingerprint density at radius 1 is 0.833 bits per heavy atom. The smallest absolute Gasteiger partial charge is 0.0338 e. The van der Waals surface area contributed by atoms with Crippen molar-refractivity contribution in [2.75, 3.05) is 20.1 Å². The summed E-state index contributed by atoms with van der Waals surface area (Å²) in [5, 5.41) is 6.56. The normalized spacial score (nSPS) is 18.8. The molecule has 3 aliphatic rings. The van der Waals surface area contributed by atoms with Gasteiger partial charge in [-0.3, -0.25) is 4.99 Å². The van der Waals surface area contributed by atoms with Crippen molar-refractivity contribution in [3.8, 4) is 0 Å². The highest BCUT2D eigenvalue weighted by Crippen LogP contribution is 2.57. The van der Waals surface area contributed by atoms with Gasteiger partial charge < -0.3 is 10.6 Å². The van der Waals surface area contributed by atoms with Gasteiger partial charge in [0.25, 0.3) is 0 Å². The van der Waals surface area contributed by atoms with Gasteiger partial charge in [0.15, 0.2) is 0 Å². The summed E-state index contributed by atoms with van der Waals surface area (Å²) in [6.45, 7) is 49.4. The van der Waals surface area contributed by atoms with Gasteiger partial charge in [-0.1, -0.05) is 86.8 Å². The van der Waals surface area contributed by atoms with Crippen molar-refractivity contribution < 1.29 is 0 Å². The maximum absolute atomic E-state index is 4.16. The summed E-state index contributed by atoms with van der Waals surface area (Å²) in [6, 6.07) is 0. The molecule has 0 radical (unpaired) electrons. The zero-order chi connectivity index (χ0) is 34.5. The number of rotatable bonds is 10. The highest BCUT2D eigenvalue weighted by molar-refractivity contribution is 5.55. The lowest BCUT2D eigenvalue weighted by Gasteiger charge is -2.52. The summed E-state index contributed by atoms with van der Waals surface area (Å²) in [6.07, 6.45) is 19.6. The molecule has 0 aromatic rings. The third-order valence-corrected chi connectivity index (χ3v) is 6.62. The lowest BCUT2D eigenvalue weighted by atomic mass is 9.54. The quantitative estimate of drug-likeness (QED) is 0.151. The number of fused-ring (bicyclic) bond motifs is 3. The molecule has 0 aliphatic heterocycles.